The van der Waals surface area contributed by atoms with E-state index in [0.29, 0.717) is 11.9 Å². The Morgan fingerprint density at radius 3 is 3.14 bits per heavy atom. The summed E-state index contributed by atoms with van der Waals surface area (Å²) in [5.41, 5.74) is 1.16. The van der Waals surface area contributed by atoms with Crippen LogP contribution in [-0.2, 0) is 6.54 Å². The second kappa shape index (κ2) is 5.40. The van der Waals surface area contributed by atoms with E-state index in [1.165, 1.54) is 0 Å². The Balaban J connectivity index is 2.54. The summed E-state index contributed by atoms with van der Waals surface area (Å²) in [7, 11) is 1.62. The average Bonchev–Trinajstić information content (AvgIpc) is 2.26. The third-order valence-electron chi connectivity index (χ3n) is 1.99. The van der Waals surface area contributed by atoms with E-state index < -0.39 is 0 Å². The zero-order valence-corrected chi connectivity index (χ0v) is 8.66. The highest BCUT2D eigenvalue weighted by atomic mass is 16.5. The zero-order chi connectivity index (χ0) is 10.4. The minimum Gasteiger partial charge on any atom is -0.481 e. The molecule has 0 amide bonds. The minimum atomic E-state index is 0.314. The summed E-state index contributed by atoms with van der Waals surface area (Å²) in [5, 5.41) is 3.30. The van der Waals surface area contributed by atoms with Crippen molar-refractivity contribution < 1.29 is 4.74 Å². The summed E-state index contributed by atoms with van der Waals surface area (Å²) in [5.74, 6) is 0.649. The van der Waals surface area contributed by atoms with Gasteiger partial charge in [0.25, 0.3) is 0 Å². The summed E-state index contributed by atoms with van der Waals surface area (Å²) < 4.78 is 5.03. The van der Waals surface area contributed by atoms with E-state index in [1.807, 2.05) is 18.2 Å². The molecule has 0 radical (unpaired) electrons. The highest BCUT2D eigenvalue weighted by Gasteiger charge is 1.98. The summed E-state index contributed by atoms with van der Waals surface area (Å²) in [6, 6.07) is 4.20. The molecule has 0 bridgehead atoms. The normalized spacial score (nSPS) is 12.1. The van der Waals surface area contributed by atoms with Crippen LogP contribution < -0.4 is 10.1 Å². The Morgan fingerprint density at radius 2 is 2.50 bits per heavy atom. The smallest absolute Gasteiger partial charge is 0.213 e. The Labute approximate surface area is 84.8 Å². The number of nitrogens with one attached hydrogen (secondary N) is 1. The van der Waals surface area contributed by atoms with E-state index in [2.05, 4.69) is 23.8 Å². The molecule has 0 saturated carbocycles. The molecular formula is C11H16N2O. The molecule has 3 heteroatoms. The van der Waals surface area contributed by atoms with Crippen molar-refractivity contribution in [2.24, 2.45) is 0 Å². The SMILES string of the molecule is C=CC(C)NCc1ccnc(OC)c1. The largest absolute Gasteiger partial charge is 0.481 e. The maximum Gasteiger partial charge on any atom is 0.213 e. The Bertz CT molecular complexity index is 299. The highest BCUT2D eigenvalue weighted by molar-refractivity contribution is 5.20. The molecule has 1 aromatic rings. The van der Waals surface area contributed by atoms with Crippen molar-refractivity contribution in [2.45, 2.75) is 19.5 Å². The van der Waals surface area contributed by atoms with Crippen LogP contribution in [0, 0.1) is 0 Å². The number of hydrogen-bond donors (Lipinski definition) is 1. The third-order valence-corrected chi connectivity index (χ3v) is 1.99. The van der Waals surface area contributed by atoms with Gasteiger partial charge in [0.15, 0.2) is 0 Å². The molecule has 1 atom stereocenters. The molecule has 0 fully saturated rings. The Morgan fingerprint density at radius 1 is 1.71 bits per heavy atom. The van der Waals surface area contributed by atoms with Gasteiger partial charge in [-0.2, -0.15) is 0 Å². The quantitative estimate of drug-likeness (QED) is 0.722. The second-order valence-electron chi connectivity index (χ2n) is 3.11. The van der Waals surface area contributed by atoms with Gasteiger partial charge in [-0.05, 0) is 18.6 Å². The van der Waals surface area contributed by atoms with Gasteiger partial charge in [0, 0.05) is 24.8 Å². The Kier molecular flexibility index (Phi) is 4.13. The molecule has 14 heavy (non-hydrogen) atoms. The van der Waals surface area contributed by atoms with Gasteiger partial charge < -0.3 is 10.1 Å². The molecule has 0 aliphatic heterocycles. The van der Waals surface area contributed by atoms with Gasteiger partial charge in [-0.3, -0.25) is 0 Å². The first-order valence-electron chi connectivity index (χ1n) is 4.61. The van der Waals surface area contributed by atoms with Gasteiger partial charge in [0.05, 0.1) is 7.11 Å². The molecule has 1 rings (SSSR count). The lowest BCUT2D eigenvalue weighted by atomic mass is 10.2. The molecule has 1 heterocycles. The molecule has 0 aliphatic rings. The zero-order valence-electron chi connectivity index (χ0n) is 8.66. The molecule has 0 spiro atoms. The predicted octanol–water partition coefficient (Wildman–Crippen LogP) is 1.75. The molecule has 1 N–H and O–H groups in total. The van der Waals surface area contributed by atoms with Crippen LogP contribution in [0.25, 0.3) is 0 Å². The van der Waals surface area contributed by atoms with Crippen molar-refractivity contribution in [1.82, 2.24) is 10.3 Å². The summed E-state index contributed by atoms with van der Waals surface area (Å²) in [6.45, 7) is 6.57. The van der Waals surface area contributed by atoms with Gasteiger partial charge in [-0.25, -0.2) is 4.98 Å². The van der Waals surface area contributed by atoms with Crippen molar-refractivity contribution in [3.05, 3.63) is 36.5 Å². The molecule has 1 aromatic heterocycles. The van der Waals surface area contributed by atoms with Crippen LogP contribution in [0.1, 0.15) is 12.5 Å². The molecular weight excluding hydrogens is 176 g/mol. The van der Waals surface area contributed by atoms with Crippen molar-refractivity contribution in [1.29, 1.82) is 0 Å². The van der Waals surface area contributed by atoms with Crippen LogP contribution in [0.2, 0.25) is 0 Å². The Hall–Kier alpha value is -1.35. The molecule has 1 unspecified atom stereocenters. The molecule has 3 nitrogen and oxygen atoms in total. The van der Waals surface area contributed by atoms with Crippen LogP contribution in [0.5, 0.6) is 5.88 Å². The summed E-state index contributed by atoms with van der Waals surface area (Å²) >= 11 is 0. The van der Waals surface area contributed by atoms with Crippen LogP contribution in [0.3, 0.4) is 0 Å². The first-order valence-corrected chi connectivity index (χ1v) is 4.61. The fourth-order valence-corrected chi connectivity index (χ4v) is 1.03. The lowest BCUT2D eigenvalue weighted by molar-refractivity contribution is 0.397. The van der Waals surface area contributed by atoms with Gasteiger partial charge in [-0.15, -0.1) is 6.58 Å². The van der Waals surface area contributed by atoms with Gasteiger partial charge >= 0.3 is 0 Å². The fraction of sp³-hybridized carbons (Fsp3) is 0.364. The number of ether oxygens (including phenoxy) is 1. The summed E-state index contributed by atoms with van der Waals surface area (Å²) in [4.78, 5) is 4.03. The molecule has 76 valence electrons. The lowest BCUT2D eigenvalue weighted by Gasteiger charge is -2.09. The summed E-state index contributed by atoms with van der Waals surface area (Å²) in [6.07, 6.45) is 3.62. The van der Waals surface area contributed by atoms with Crippen LogP contribution in [-0.4, -0.2) is 18.1 Å². The van der Waals surface area contributed by atoms with Crippen LogP contribution in [0.4, 0.5) is 0 Å². The first-order chi connectivity index (χ1) is 6.76. The van der Waals surface area contributed by atoms with E-state index in [0.717, 1.165) is 12.1 Å². The number of hydrogen-bond acceptors (Lipinski definition) is 3. The minimum absolute atomic E-state index is 0.314. The van der Waals surface area contributed by atoms with Crippen molar-refractivity contribution in [2.75, 3.05) is 7.11 Å². The number of rotatable bonds is 5. The standard InChI is InChI=1S/C11H16N2O/c1-4-9(2)13-8-10-5-6-12-11(7-10)14-3/h4-7,9,13H,1,8H2,2-3H3. The maximum atomic E-state index is 5.03. The molecule has 0 aromatic carbocycles. The first kappa shape index (κ1) is 10.7. The van der Waals surface area contributed by atoms with Gasteiger partial charge in [-0.1, -0.05) is 6.08 Å². The topological polar surface area (TPSA) is 34.2 Å². The molecule has 0 aliphatic carbocycles. The van der Waals surface area contributed by atoms with E-state index >= 15 is 0 Å². The molecule has 0 saturated heterocycles. The van der Waals surface area contributed by atoms with E-state index in [4.69, 9.17) is 4.74 Å². The monoisotopic (exact) mass is 192 g/mol. The van der Waals surface area contributed by atoms with Gasteiger partial charge in [0.2, 0.25) is 5.88 Å². The predicted molar refractivity (Wildman–Crippen MR) is 57.3 cm³/mol. The number of nitrogens with zero attached hydrogens (tertiary/aromatic N) is 1. The van der Waals surface area contributed by atoms with Crippen LogP contribution in [0.15, 0.2) is 31.0 Å². The maximum absolute atomic E-state index is 5.03. The van der Waals surface area contributed by atoms with E-state index in [9.17, 15) is 0 Å². The van der Waals surface area contributed by atoms with Crippen molar-refractivity contribution in [3.8, 4) is 5.88 Å². The third kappa shape index (κ3) is 3.18. The fourth-order valence-electron chi connectivity index (χ4n) is 1.03. The number of pyridine rings is 1. The van der Waals surface area contributed by atoms with Gasteiger partial charge in [0.1, 0.15) is 0 Å². The number of methoxy groups -OCH3 is 1. The van der Waals surface area contributed by atoms with Crippen LogP contribution >= 0.6 is 0 Å². The number of aromatic nitrogens is 1. The van der Waals surface area contributed by atoms with E-state index in [1.54, 1.807) is 13.3 Å². The average molecular weight is 192 g/mol. The van der Waals surface area contributed by atoms with E-state index in [-0.39, 0.29) is 0 Å². The second-order valence-corrected chi connectivity index (χ2v) is 3.11. The lowest BCUT2D eigenvalue weighted by Crippen LogP contribution is -2.22. The van der Waals surface area contributed by atoms with Crippen molar-refractivity contribution >= 4 is 0 Å². The van der Waals surface area contributed by atoms with Crippen molar-refractivity contribution in [3.63, 3.8) is 0 Å². The highest BCUT2D eigenvalue weighted by Crippen LogP contribution is 2.08.